The van der Waals surface area contributed by atoms with Gasteiger partial charge in [0.2, 0.25) is 0 Å². The number of carbonyl (C=O) groups is 2. The van der Waals surface area contributed by atoms with Crippen LogP contribution in [0.5, 0.6) is 0 Å². The molecule has 116 valence electrons. The fourth-order valence-electron chi connectivity index (χ4n) is 2.36. The zero-order chi connectivity index (χ0) is 16.4. The van der Waals surface area contributed by atoms with Crippen molar-refractivity contribution in [2.24, 2.45) is 5.73 Å². The van der Waals surface area contributed by atoms with Crippen LogP contribution in [0, 0.1) is 6.92 Å². The minimum absolute atomic E-state index is 0.140. The smallest absolute Gasteiger partial charge is 0.316 e. The summed E-state index contributed by atoms with van der Waals surface area (Å²) in [6, 6.07) is 14.1. The van der Waals surface area contributed by atoms with Crippen LogP contribution in [0.1, 0.15) is 15.2 Å². The molecule has 2 aromatic carbocycles. The van der Waals surface area contributed by atoms with Gasteiger partial charge in [-0.05, 0) is 48.2 Å². The molecule has 0 unspecified atom stereocenters. The van der Waals surface area contributed by atoms with E-state index in [9.17, 15) is 9.59 Å². The van der Waals surface area contributed by atoms with E-state index in [1.165, 1.54) is 11.3 Å². The molecule has 1 heterocycles. The van der Waals surface area contributed by atoms with Crippen LogP contribution < -0.4 is 16.4 Å². The molecule has 23 heavy (non-hydrogen) atoms. The number of aryl methyl sites for hydroxylation is 1. The molecule has 1 aromatic heterocycles. The Hall–Kier alpha value is -2.86. The molecule has 6 heteroatoms. The monoisotopic (exact) mass is 325 g/mol. The van der Waals surface area contributed by atoms with Crippen LogP contribution in [0.2, 0.25) is 0 Å². The third-order valence-corrected chi connectivity index (χ3v) is 4.73. The minimum Gasteiger partial charge on any atom is -0.351 e. The first-order valence-electron chi connectivity index (χ1n) is 7.00. The number of nitrogens with two attached hydrogens (primary N) is 1. The number of thiophene rings is 1. The molecule has 3 amide bonds. The molecule has 0 aliphatic rings. The standard InChI is InChI=1S/C17H15N3O2S/c1-10-13-4-2-3-5-14(13)23-15(10)16(21)19-11-6-8-12(9-7-11)20-17(18)22/h2-9H,1H3,(H,19,21)(H3,18,20,22). The van der Waals surface area contributed by atoms with Gasteiger partial charge in [0.05, 0.1) is 4.88 Å². The van der Waals surface area contributed by atoms with Crippen LogP contribution in [0.4, 0.5) is 16.2 Å². The lowest BCUT2D eigenvalue weighted by Crippen LogP contribution is -2.19. The van der Waals surface area contributed by atoms with Crippen molar-refractivity contribution in [1.29, 1.82) is 0 Å². The molecule has 0 fully saturated rings. The number of urea groups is 1. The van der Waals surface area contributed by atoms with E-state index in [1.54, 1.807) is 24.3 Å². The quantitative estimate of drug-likeness (QED) is 0.681. The number of anilines is 2. The summed E-state index contributed by atoms with van der Waals surface area (Å²) in [6.07, 6.45) is 0. The van der Waals surface area contributed by atoms with E-state index in [2.05, 4.69) is 10.6 Å². The molecule has 0 saturated carbocycles. The number of rotatable bonds is 3. The van der Waals surface area contributed by atoms with Gasteiger partial charge in [0.25, 0.3) is 5.91 Å². The van der Waals surface area contributed by atoms with Crippen LogP contribution in [-0.2, 0) is 0 Å². The molecule has 0 atom stereocenters. The Bertz CT molecular complexity index is 884. The molecule has 3 rings (SSSR count). The second-order valence-electron chi connectivity index (χ2n) is 5.07. The van der Waals surface area contributed by atoms with Gasteiger partial charge in [0, 0.05) is 16.1 Å². The van der Waals surface area contributed by atoms with Crippen LogP contribution in [0.15, 0.2) is 48.5 Å². The van der Waals surface area contributed by atoms with Crippen LogP contribution in [0.3, 0.4) is 0 Å². The lowest BCUT2D eigenvalue weighted by molar-refractivity contribution is 0.103. The number of carbonyl (C=O) groups excluding carboxylic acids is 2. The summed E-state index contributed by atoms with van der Waals surface area (Å²) in [5, 5.41) is 6.44. The SMILES string of the molecule is Cc1c(C(=O)Nc2ccc(NC(N)=O)cc2)sc2ccccc12. The number of nitrogens with one attached hydrogen (secondary N) is 2. The summed E-state index contributed by atoms with van der Waals surface area (Å²) in [5.74, 6) is -0.140. The van der Waals surface area contributed by atoms with Crippen molar-refractivity contribution in [3.63, 3.8) is 0 Å². The molecule has 0 radical (unpaired) electrons. The summed E-state index contributed by atoms with van der Waals surface area (Å²) < 4.78 is 1.09. The maximum atomic E-state index is 12.5. The molecule has 3 aromatic rings. The van der Waals surface area contributed by atoms with Crippen molar-refractivity contribution in [2.45, 2.75) is 6.92 Å². The Kier molecular flexibility index (Phi) is 3.99. The lowest BCUT2D eigenvalue weighted by Gasteiger charge is -2.06. The third kappa shape index (κ3) is 3.17. The van der Waals surface area contributed by atoms with Crippen LogP contribution >= 0.6 is 11.3 Å². The highest BCUT2D eigenvalue weighted by Crippen LogP contribution is 2.31. The highest BCUT2D eigenvalue weighted by molar-refractivity contribution is 7.21. The summed E-state index contributed by atoms with van der Waals surface area (Å²) in [5.41, 5.74) is 7.27. The molecule has 5 nitrogen and oxygen atoms in total. The Labute approximate surface area is 137 Å². The average molecular weight is 325 g/mol. The first kappa shape index (κ1) is 15.1. The molecule has 0 saturated heterocycles. The Morgan fingerprint density at radius 1 is 0.957 bits per heavy atom. The number of amides is 3. The molecular formula is C17H15N3O2S. The maximum absolute atomic E-state index is 12.5. The topological polar surface area (TPSA) is 84.2 Å². The van der Waals surface area contributed by atoms with Gasteiger partial charge < -0.3 is 16.4 Å². The van der Waals surface area contributed by atoms with Gasteiger partial charge in [-0.2, -0.15) is 0 Å². The molecule has 4 N–H and O–H groups in total. The normalized spacial score (nSPS) is 10.5. The summed E-state index contributed by atoms with van der Waals surface area (Å²) in [4.78, 5) is 24.0. The van der Waals surface area contributed by atoms with Gasteiger partial charge >= 0.3 is 6.03 Å². The number of hydrogen-bond donors (Lipinski definition) is 3. The summed E-state index contributed by atoms with van der Waals surface area (Å²) in [7, 11) is 0. The number of hydrogen-bond acceptors (Lipinski definition) is 3. The van der Waals surface area contributed by atoms with Crippen molar-refractivity contribution >= 4 is 44.7 Å². The van der Waals surface area contributed by atoms with Gasteiger partial charge in [-0.25, -0.2) is 4.79 Å². The molecule has 0 spiro atoms. The molecule has 0 aliphatic heterocycles. The zero-order valence-corrected chi connectivity index (χ0v) is 13.2. The van der Waals surface area contributed by atoms with Gasteiger partial charge in [0.15, 0.2) is 0 Å². The highest BCUT2D eigenvalue weighted by atomic mass is 32.1. The van der Waals surface area contributed by atoms with Crippen molar-refractivity contribution in [3.8, 4) is 0 Å². The summed E-state index contributed by atoms with van der Waals surface area (Å²) >= 11 is 1.48. The fourth-order valence-corrected chi connectivity index (χ4v) is 3.46. The number of fused-ring (bicyclic) bond motifs is 1. The minimum atomic E-state index is -0.623. The highest BCUT2D eigenvalue weighted by Gasteiger charge is 2.15. The van der Waals surface area contributed by atoms with Crippen molar-refractivity contribution in [3.05, 3.63) is 59.0 Å². The predicted octanol–water partition coefficient (Wildman–Crippen LogP) is 3.95. The first-order valence-corrected chi connectivity index (χ1v) is 7.82. The number of benzene rings is 2. The van der Waals surface area contributed by atoms with Crippen molar-refractivity contribution < 1.29 is 9.59 Å². The Balaban J connectivity index is 1.80. The van der Waals surface area contributed by atoms with Crippen molar-refractivity contribution in [1.82, 2.24) is 0 Å². The van der Waals surface area contributed by atoms with E-state index < -0.39 is 6.03 Å². The van der Waals surface area contributed by atoms with Crippen molar-refractivity contribution in [2.75, 3.05) is 10.6 Å². The van der Waals surface area contributed by atoms with Gasteiger partial charge in [-0.15, -0.1) is 11.3 Å². The zero-order valence-electron chi connectivity index (χ0n) is 12.4. The summed E-state index contributed by atoms with van der Waals surface area (Å²) in [6.45, 7) is 1.95. The van der Waals surface area contributed by atoms with Crippen LogP contribution in [0.25, 0.3) is 10.1 Å². The Morgan fingerprint density at radius 2 is 1.57 bits per heavy atom. The second kappa shape index (κ2) is 6.10. The molecule has 0 aliphatic carbocycles. The van der Waals surface area contributed by atoms with E-state index in [1.807, 2.05) is 31.2 Å². The van der Waals surface area contributed by atoms with E-state index >= 15 is 0 Å². The van der Waals surface area contributed by atoms with Gasteiger partial charge in [0.1, 0.15) is 0 Å². The predicted molar refractivity (Wildman–Crippen MR) is 94.2 cm³/mol. The van der Waals surface area contributed by atoms with E-state index in [-0.39, 0.29) is 5.91 Å². The fraction of sp³-hybridized carbons (Fsp3) is 0.0588. The largest absolute Gasteiger partial charge is 0.351 e. The molecular weight excluding hydrogens is 310 g/mol. The first-order chi connectivity index (χ1) is 11.0. The van der Waals surface area contributed by atoms with E-state index in [0.717, 1.165) is 15.6 Å². The van der Waals surface area contributed by atoms with E-state index in [4.69, 9.17) is 5.73 Å². The average Bonchev–Trinajstić information content (AvgIpc) is 2.86. The van der Waals surface area contributed by atoms with Crippen LogP contribution in [-0.4, -0.2) is 11.9 Å². The number of primary amides is 1. The van der Waals surface area contributed by atoms with E-state index in [0.29, 0.717) is 16.3 Å². The van der Waals surface area contributed by atoms with Gasteiger partial charge in [-0.1, -0.05) is 18.2 Å². The van der Waals surface area contributed by atoms with Gasteiger partial charge in [-0.3, -0.25) is 4.79 Å². The second-order valence-corrected chi connectivity index (χ2v) is 6.13. The third-order valence-electron chi connectivity index (χ3n) is 3.46. The molecule has 0 bridgehead atoms. The lowest BCUT2D eigenvalue weighted by atomic mass is 10.1. The Morgan fingerprint density at radius 3 is 2.17 bits per heavy atom. The maximum Gasteiger partial charge on any atom is 0.316 e.